The number of H-pyrrole nitrogens is 1. The van der Waals surface area contributed by atoms with Gasteiger partial charge in [-0.05, 0) is 52.8 Å². The van der Waals surface area contributed by atoms with Crippen LogP contribution < -0.4 is 19.5 Å². The number of Topliss-reactive ketones (excluding diaryl/α,β-unsaturated/α-hetero) is 1. The quantitative estimate of drug-likeness (QED) is 0.372. The first-order chi connectivity index (χ1) is 17.0. The Bertz CT molecular complexity index is 1290. The van der Waals surface area contributed by atoms with Crippen molar-refractivity contribution in [1.29, 1.82) is 0 Å². The van der Waals surface area contributed by atoms with Gasteiger partial charge < -0.3 is 23.9 Å². The van der Waals surface area contributed by atoms with E-state index in [1.807, 2.05) is 6.92 Å². The van der Waals surface area contributed by atoms with E-state index >= 15 is 0 Å². The summed E-state index contributed by atoms with van der Waals surface area (Å²) >= 11 is 0. The zero-order chi connectivity index (χ0) is 26.3. The fourth-order valence-electron chi connectivity index (χ4n) is 4.25. The fourth-order valence-corrected chi connectivity index (χ4v) is 4.25. The monoisotopic (exact) mass is 496 g/mol. The molecule has 0 amide bonds. The predicted octanol–water partition coefficient (Wildman–Crippen LogP) is 3.75. The van der Waals surface area contributed by atoms with Crippen molar-refractivity contribution in [2.45, 2.75) is 40.3 Å². The molecule has 3 heterocycles. The van der Waals surface area contributed by atoms with Crippen LogP contribution in [-0.2, 0) is 9.53 Å². The Hall–Kier alpha value is -3.66. The van der Waals surface area contributed by atoms with E-state index in [1.54, 1.807) is 45.3 Å². The number of esters is 1. The minimum atomic E-state index is -0.958. The molecular weight excluding hydrogens is 464 g/mol. The van der Waals surface area contributed by atoms with Crippen LogP contribution >= 0.6 is 0 Å². The Balaban J connectivity index is 1.73. The van der Waals surface area contributed by atoms with Crippen LogP contribution in [0.1, 0.15) is 44.5 Å². The molecule has 36 heavy (non-hydrogen) atoms. The molecule has 10 nitrogen and oxygen atoms in total. The van der Waals surface area contributed by atoms with E-state index in [2.05, 4.69) is 15.3 Å². The Morgan fingerprint density at radius 3 is 2.33 bits per heavy atom. The molecule has 2 N–H and O–H groups in total. The predicted molar refractivity (Wildman–Crippen MR) is 133 cm³/mol. The third-order valence-electron chi connectivity index (χ3n) is 6.49. The molecule has 1 aromatic carbocycles. The van der Waals surface area contributed by atoms with Crippen molar-refractivity contribution >= 4 is 22.9 Å². The highest BCUT2D eigenvalue weighted by molar-refractivity contribution is 6.09. The lowest BCUT2D eigenvalue weighted by Gasteiger charge is -2.31. The third kappa shape index (κ3) is 4.37. The molecule has 1 aliphatic rings. The second-order valence-electron chi connectivity index (χ2n) is 10.1. The normalized spacial score (nSPS) is 19.8. The Morgan fingerprint density at radius 1 is 1.08 bits per heavy atom. The fraction of sp³-hybridized carbons (Fsp3) is 0.462. The molecule has 0 aliphatic carbocycles. The molecular formula is C26H32N4O6. The van der Waals surface area contributed by atoms with E-state index in [0.717, 1.165) is 0 Å². The van der Waals surface area contributed by atoms with Gasteiger partial charge in [0.05, 0.1) is 49.6 Å². The summed E-state index contributed by atoms with van der Waals surface area (Å²) in [5.41, 5.74) is 0.864. The highest BCUT2D eigenvalue weighted by atomic mass is 16.6. The SMILES string of the molecule is COc1cc(-c2cnc3[nH]cc(C(=O)C4(C)CCNC4OC(=O)C(C)(C)C)c3n2)cc(OC)c1OC. The van der Waals surface area contributed by atoms with Gasteiger partial charge >= 0.3 is 5.97 Å². The van der Waals surface area contributed by atoms with Gasteiger partial charge in [-0.3, -0.25) is 14.9 Å². The molecule has 1 fully saturated rings. The Morgan fingerprint density at radius 2 is 1.75 bits per heavy atom. The molecule has 3 aromatic rings. The van der Waals surface area contributed by atoms with Crippen LogP contribution in [0.5, 0.6) is 17.2 Å². The topological polar surface area (TPSA) is 125 Å². The highest BCUT2D eigenvalue weighted by Gasteiger charge is 2.49. The number of ketones is 1. The van der Waals surface area contributed by atoms with Crippen molar-refractivity contribution in [3.8, 4) is 28.5 Å². The molecule has 10 heteroatoms. The maximum absolute atomic E-state index is 13.8. The summed E-state index contributed by atoms with van der Waals surface area (Å²) in [6.07, 6.45) is 2.99. The van der Waals surface area contributed by atoms with Gasteiger partial charge in [0.1, 0.15) is 5.52 Å². The first kappa shape index (κ1) is 25.4. The molecule has 2 aromatic heterocycles. The average Bonchev–Trinajstić information content (AvgIpc) is 3.45. The van der Waals surface area contributed by atoms with E-state index in [4.69, 9.17) is 23.9 Å². The van der Waals surface area contributed by atoms with Crippen LogP contribution in [0.3, 0.4) is 0 Å². The molecule has 1 aliphatic heterocycles. The van der Waals surface area contributed by atoms with Crippen LogP contribution in [0, 0.1) is 10.8 Å². The van der Waals surface area contributed by atoms with E-state index in [9.17, 15) is 9.59 Å². The molecule has 1 saturated heterocycles. The summed E-state index contributed by atoms with van der Waals surface area (Å²) in [6, 6.07) is 3.55. The van der Waals surface area contributed by atoms with Gasteiger partial charge in [-0.25, -0.2) is 9.97 Å². The standard InChI is InChI=1S/C26H32N4O6/c1-25(2,3)24(32)36-23-26(4,8-9-27-23)21(31)15-12-28-22-19(15)30-16(13-29-22)14-10-17(33-5)20(35-7)18(11-14)34-6/h10-13,23,27H,8-9H2,1-7H3,(H,28,29). The summed E-state index contributed by atoms with van der Waals surface area (Å²) in [4.78, 5) is 38.7. The lowest BCUT2D eigenvalue weighted by Crippen LogP contribution is -2.45. The average molecular weight is 497 g/mol. The van der Waals surface area contributed by atoms with Crippen LogP contribution in [0.2, 0.25) is 0 Å². The molecule has 192 valence electrons. The van der Waals surface area contributed by atoms with Crippen molar-refractivity contribution in [3.05, 3.63) is 30.1 Å². The largest absolute Gasteiger partial charge is 0.493 e. The van der Waals surface area contributed by atoms with Crippen molar-refractivity contribution in [1.82, 2.24) is 20.3 Å². The van der Waals surface area contributed by atoms with Crippen LogP contribution in [-0.4, -0.2) is 60.8 Å². The van der Waals surface area contributed by atoms with Gasteiger partial charge in [-0.1, -0.05) is 0 Å². The number of hydrogen-bond donors (Lipinski definition) is 2. The van der Waals surface area contributed by atoms with Crippen molar-refractivity contribution in [2.75, 3.05) is 27.9 Å². The minimum absolute atomic E-state index is 0.179. The second kappa shape index (κ2) is 9.42. The molecule has 2 unspecified atom stereocenters. The first-order valence-corrected chi connectivity index (χ1v) is 11.7. The van der Waals surface area contributed by atoms with Gasteiger partial charge in [-0.15, -0.1) is 0 Å². The zero-order valence-corrected chi connectivity index (χ0v) is 21.6. The molecule has 0 radical (unpaired) electrons. The Labute approximate surface area is 209 Å². The number of nitrogens with one attached hydrogen (secondary N) is 2. The maximum Gasteiger partial charge on any atom is 0.312 e. The molecule has 0 saturated carbocycles. The number of benzene rings is 1. The number of hydrogen-bond acceptors (Lipinski definition) is 9. The van der Waals surface area contributed by atoms with Crippen LogP contribution in [0.15, 0.2) is 24.5 Å². The molecule has 0 spiro atoms. The second-order valence-corrected chi connectivity index (χ2v) is 10.1. The number of aromatic nitrogens is 3. The lowest BCUT2D eigenvalue weighted by molar-refractivity contribution is -0.163. The summed E-state index contributed by atoms with van der Waals surface area (Å²) in [6.45, 7) is 7.70. The van der Waals surface area contributed by atoms with Gasteiger partial charge in [0.25, 0.3) is 0 Å². The van der Waals surface area contributed by atoms with Gasteiger partial charge in [-0.2, -0.15) is 0 Å². The van der Waals surface area contributed by atoms with E-state index in [1.165, 1.54) is 21.3 Å². The maximum atomic E-state index is 13.8. The van der Waals surface area contributed by atoms with Crippen LogP contribution in [0.4, 0.5) is 0 Å². The number of ether oxygens (including phenoxy) is 4. The summed E-state index contributed by atoms with van der Waals surface area (Å²) in [7, 11) is 4.62. The summed E-state index contributed by atoms with van der Waals surface area (Å²) in [5, 5.41) is 3.16. The van der Waals surface area contributed by atoms with Gasteiger partial charge in [0.15, 0.2) is 29.2 Å². The van der Waals surface area contributed by atoms with Crippen LogP contribution in [0.25, 0.3) is 22.4 Å². The number of rotatable bonds is 7. The van der Waals surface area contributed by atoms with Gasteiger partial charge in [0.2, 0.25) is 5.75 Å². The van der Waals surface area contributed by atoms with E-state index in [0.29, 0.717) is 58.2 Å². The van der Waals surface area contributed by atoms with E-state index in [-0.39, 0.29) is 11.8 Å². The smallest absolute Gasteiger partial charge is 0.312 e. The van der Waals surface area contributed by atoms with Crippen molar-refractivity contribution in [3.63, 3.8) is 0 Å². The van der Waals surface area contributed by atoms with Gasteiger partial charge in [0, 0.05) is 11.8 Å². The molecule has 4 rings (SSSR count). The summed E-state index contributed by atoms with van der Waals surface area (Å²) in [5.74, 6) is 0.873. The number of carbonyl (C=O) groups is 2. The minimum Gasteiger partial charge on any atom is -0.493 e. The number of methoxy groups -OCH3 is 3. The Kier molecular flexibility index (Phi) is 6.66. The van der Waals surface area contributed by atoms with Crippen molar-refractivity contribution < 1.29 is 28.5 Å². The zero-order valence-electron chi connectivity index (χ0n) is 21.6. The number of carbonyl (C=O) groups excluding carboxylic acids is 2. The van der Waals surface area contributed by atoms with Crippen molar-refractivity contribution in [2.24, 2.45) is 10.8 Å². The lowest BCUT2D eigenvalue weighted by atomic mass is 9.80. The third-order valence-corrected chi connectivity index (χ3v) is 6.49. The highest BCUT2D eigenvalue weighted by Crippen LogP contribution is 2.41. The number of aromatic amines is 1. The van der Waals surface area contributed by atoms with E-state index < -0.39 is 17.1 Å². The number of fused-ring (bicyclic) bond motifs is 1. The number of nitrogens with zero attached hydrogens (tertiary/aromatic N) is 2. The molecule has 0 bridgehead atoms. The first-order valence-electron chi connectivity index (χ1n) is 11.7. The molecule has 2 atom stereocenters. The summed E-state index contributed by atoms with van der Waals surface area (Å²) < 4.78 is 22.1.